The van der Waals surface area contributed by atoms with Crippen LogP contribution in [0.25, 0.3) is 0 Å². The average molecular weight is 214 g/mol. The summed E-state index contributed by atoms with van der Waals surface area (Å²) in [6.07, 6.45) is 2.62. The van der Waals surface area contributed by atoms with Crippen molar-refractivity contribution in [2.45, 2.75) is 39.2 Å². The molecule has 1 rings (SSSR count). The number of hydrogen-bond donors (Lipinski definition) is 2. The second-order valence-corrected chi connectivity index (χ2v) is 5.02. The Morgan fingerprint density at radius 3 is 2.60 bits per heavy atom. The summed E-state index contributed by atoms with van der Waals surface area (Å²) in [6, 6.07) is 0. The fourth-order valence-corrected chi connectivity index (χ4v) is 2.10. The zero-order chi connectivity index (χ0) is 11.1. The first-order chi connectivity index (χ1) is 7.14. The fraction of sp³-hybridized carbons (Fsp3) is 1.00. The van der Waals surface area contributed by atoms with Gasteiger partial charge in [-0.25, -0.2) is 0 Å². The predicted molar refractivity (Wildman–Crippen MR) is 64.2 cm³/mol. The molecule has 1 heterocycles. The van der Waals surface area contributed by atoms with E-state index >= 15 is 0 Å². The molecule has 1 aliphatic rings. The van der Waals surface area contributed by atoms with Crippen LogP contribution >= 0.6 is 0 Å². The summed E-state index contributed by atoms with van der Waals surface area (Å²) in [5.41, 5.74) is -0.0261. The van der Waals surface area contributed by atoms with Gasteiger partial charge in [-0.2, -0.15) is 0 Å². The first-order valence-corrected chi connectivity index (χ1v) is 6.19. The third-order valence-electron chi connectivity index (χ3n) is 2.98. The van der Waals surface area contributed by atoms with Gasteiger partial charge < -0.3 is 15.4 Å². The van der Waals surface area contributed by atoms with Crippen molar-refractivity contribution in [2.24, 2.45) is 5.92 Å². The fourth-order valence-electron chi connectivity index (χ4n) is 2.10. The maximum atomic E-state index is 5.64. The van der Waals surface area contributed by atoms with Gasteiger partial charge in [-0.1, -0.05) is 0 Å². The van der Waals surface area contributed by atoms with Crippen LogP contribution in [0.3, 0.4) is 0 Å². The lowest BCUT2D eigenvalue weighted by Gasteiger charge is -2.28. The molecule has 0 bridgehead atoms. The molecule has 1 saturated heterocycles. The zero-order valence-electron chi connectivity index (χ0n) is 10.4. The van der Waals surface area contributed by atoms with E-state index in [4.69, 9.17) is 4.74 Å². The molecular weight excluding hydrogens is 188 g/mol. The molecule has 0 aromatic carbocycles. The van der Waals surface area contributed by atoms with E-state index in [-0.39, 0.29) is 5.60 Å². The van der Waals surface area contributed by atoms with E-state index in [1.54, 1.807) is 0 Å². The van der Waals surface area contributed by atoms with Gasteiger partial charge in [0, 0.05) is 13.2 Å². The Kier molecular flexibility index (Phi) is 5.58. The van der Waals surface area contributed by atoms with Crippen molar-refractivity contribution in [3.05, 3.63) is 0 Å². The molecule has 1 fully saturated rings. The van der Waals surface area contributed by atoms with Crippen LogP contribution in [0.15, 0.2) is 0 Å². The van der Waals surface area contributed by atoms with Crippen LogP contribution in [0.5, 0.6) is 0 Å². The number of ether oxygens (including phenoxy) is 1. The van der Waals surface area contributed by atoms with Crippen molar-refractivity contribution in [2.75, 3.05) is 32.8 Å². The highest BCUT2D eigenvalue weighted by atomic mass is 16.5. The normalized spacial score (nSPS) is 19.4. The van der Waals surface area contributed by atoms with Crippen molar-refractivity contribution < 1.29 is 4.74 Å². The summed E-state index contributed by atoms with van der Waals surface area (Å²) in [7, 11) is 0. The predicted octanol–water partition coefficient (Wildman–Crippen LogP) is 1.39. The minimum absolute atomic E-state index is 0.0261. The quantitative estimate of drug-likeness (QED) is 0.701. The molecule has 0 atom stereocenters. The SMILES string of the molecule is CCOC(C)(C)CNCC1CCNCC1. The van der Waals surface area contributed by atoms with Gasteiger partial charge in [-0.15, -0.1) is 0 Å². The lowest BCUT2D eigenvalue weighted by molar-refractivity contribution is -0.00938. The summed E-state index contributed by atoms with van der Waals surface area (Å²) in [5.74, 6) is 0.851. The molecule has 1 aliphatic heterocycles. The van der Waals surface area contributed by atoms with Crippen LogP contribution in [-0.4, -0.2) is 38.4 Å². The minimum atomic E-state index is -0.0261. The Hall–Kier alpha value is -0.120. The van der Waals surface area contributed by atoms with Crippen LogP contribution in [-0.2, 0) is 4.74 Å². The van der Waals surface area contributed by atoms with Crippen molar-refractivity contribution in [3.63, 3.8) is 0 Å². The van der Waals surface area contributed by atoms with E-state index in [2.05, 4.69) is 31.4 Å². The monoisotopic (exact) mass is 214 g/mol. The molecule has 15 heavy (non-hydrogen) atoms. The van der Waals surface area contributed by atoms with Crippen molar-refractivity contribution in [1.82, 2.24) is 10.6 Å². The van der Waals surface area contributed by atoms with Crippen LogP contribution in [0.2, 0.25) is 0 Å². The molecule has 0 radical (unpaired) electrons. The number of piperidine rings is 1. The van der Waals surface area contributed by atoms with Gasteiger partial charge in [0.05, 0.1) is 5.60 Å². The third kappa shape index (κ3) is 5.50. The maximum absolute atomic E-state index is 5.64. The average Bonchev–Trinajstić information content (AvgIpc) is 2.19. The molecule has 2 N–H and O–H groups in total. The molecule has 90 valence electrons. The second-order valence-electron chi connectivity index (χ2n) is 5.02. The molecule has 0 unspecified atom stereocenters. The Morgan fingerprint density at radius 2 is 2.00 bits per heavy atom. The first kappa shape index (κ1) is 12.9. The van der Waals surface area contributed by atoms with Crippen molar-refractivity contribution in [1.29, 1.82) is 0 Å². The number of hydrogen-bond acceptors (Lipinski definition) is 3. The van der Waals surface area contributed by atoms with Crippen LogP contribution < -0.4 is 10.6 Å². The van der Waals surface area contributed by atoms with Gasteiger partial charge >= 0.3 is 0 Å². The molecule has 0 aromatic heterocycles. The Bertz CT molecular complexity index is 165. The standard InChI is InChI=1S/C12H26N2O/c1-4-15-12(2,3)10-14-9-11-5-7-13-8-6-11/h11,13-14H,4-10H2,1-3H3. The van der Waals surface area contributed by atoms with Gasteiger partial charge in [-0.3, -0.25) is 0 Å². The summed E-state index contributed by atoms with van der Waals surface area (Å²) in [5, 5.41) is 6.92. The third-order valence-corrected chi connectivity index (χ3v) is 2.98. The topological polar surface area (TPSA) is 33.3 Å². The first-order valence-electron chi connectivity index (χ1n) is 6.19. The largest absolute Gasteiger partial charge is 0.375 e. The summed E-state index contributed by atoms with van der Waals surface area (Å²) >= 11 is 0. The Balaban J connectivity index is 2.09. The maximum Gasteiger partial charge on any atom is 0.0750 e. The Morgan fingerprint density at radius 1 is 1.33 bits per heavy atom. The number of rotatable bonds is 6. The molecule has 0 spiro atoms. The van der Waals surface area contributed by atoms with E-state index in [9.17, 15) is 0 Å². The minimum Gasteiger partial charge on any atom is -0.375 e. The molecule has 0 saturated carbocycles. The van der Waals surface area contributed by atoms with Gasteiger partial charge in [-0.05, 0) is 59.2 Å². The Labute approximate surface area is 94.0 Å². The van der Waals surface area contributed by atoms with Gasteiger partial charge in [0.2, 0.25) is 0 Å². The smallest absolute Gasteiger partial charge is 0.0750 e. The van der Waals surface area contributed by atoms with Crippen LogP contribution in [0.1, 0.15) is 33.6 Å². The van der Waals surface area contributed by atoms with E-state index in [1.807, 2.05) is 0 Å². The van der Waals surface area contributed by atoms with Gasteiger partial charge in [0.15, 0.2) is 0 Å². The van der Waals surface area contributed by atoms with Crippen LogP contribution in [0.4, 0.5) is 0 Å². The summed E-state index contributed by atoms with van der Waals surface area (Å²) in [6.45, 7) is 11.6. The lowest BCUT2D eigenvalue weighted by atomic mass is 9.98. The second kappa shape index (κ2) is 6.46. The van der Waals surface area contributed by atoms with Gasteiger partial charge in [0.25, 0.3) is 0 Å². The van der Waals surface area contributed by atoms with Crippen molar-refractivity contribution >= 4 is 0 Å². The molecular formula is C12H26N2O. The molecule has 3 nitrogen and oxygen atoms in total. The summed E-state index contributed by atoms with van der Waals surface area (Å²) < 4.78 is 5.64. The molecule has 0 amide bonds. The van der Waals surface area contributed by atoms with E-state index < -0.39 is 0 Å². The molecule has 3 heteroatoms. The highest BCUT2D eigenvalue weighted by Crippen LogP contribution is 2.11. The molecule has 0 aliphatic carbocycles. The highest BCUT2D eigenvalue weighted by molar-refractivity contribution is 4.75. The number of nitrogens with one attached hydrogen (secondary N) is 2. The van der Waals surface area contributed by atoms with Gasteiger partial charge in [0.1, 0.15) is 0 Å². The lowest BCUT2D eigenvalue weighted by Crippen LogP contribution is -2.41. The molecule has 0 aromatic rings. The zero-order valence-corrected chi connectivity index (χ0v) is 10.4. The van der Waals surface area contributed by atoms with E-state index in [0.29, 0.717) is 0 Å². The van der Waals surface area contributed by atoms with Crippen molar-refractivity contribution in [3.8, 4) is 0 Å². The highest BCUT2D eigenvalue weighted by Gasteiger charge is 2.18. The van der Waals surface area contributed by atoms with E-state index in [1.165, 1.54) is 25.9 Å². The summed E-state index contributed by atoms with van der Waals surface area (Å²) in [4.78, 5) is 0. The van der Waals surface area contributed by atoms with E-state index in [0.717, 1.165) is 25.6 Å². The van der Waals surface area contributed by atoms with Crippen LogP contribution in [0, 0.1) is 5.92 Å².